The third-order valence-electron chi connectivity index (χ3n) is 3.35. The zero-order valence-electron chi connectivity index (χ0n) is 12.8. The summed E-state index contributed by atoms with van der Waals surface area (Å²) in [4.78, 5) is 2.41. The van der Waals surface area contributed by atoms with E-state index in [1.54, 1.807) is 18.4 Å². The smallest absolute Gasteiger partial charge is 0.118 e. The summed E-state index contributed by atoms with van der Waals surface area (Å²) in [6.45, 7) is 2.23. The molecule has 2 rings (SSSR count). The molecule has 2 heteroatoms. The van der Waals surface area contributed by atoms with Crippen molar-refractivity contribution in [3.63, 3.8) is 0 Å². The van der Waals surface area contributed by atoms with E-state index >= 15 is 0 Å². The Bertz CT molecular complexity index is 598. The topological polar surface area (TPSA) is 9.23 Å². The number of hydrogen-bond donors (Lipinski definition) is 0. The van der Waals surface area contributed by atoms with Crippen molar-refractivity contribution in [2.45, 2.75) is 39.0 Å². The highest BCUT2D eigenvalue weighted by molar-refractivity contribution is 7.16. The summed E-state index contributed by atoms with van der Waals surface area (Å²) in [5.74, 6) is 7.45. The lowest BCUT2D eigenvalue weighted by atomic mass is 10.1. The van der Waals surface area contributed by atoms with Crippen LogP contribution in [0, 0.1) is 11.8 Å². The molecule has 0 aliphatic carbocycles. The summed E-state index contributed by atoms with van der Waals surface area (Å²) >= 11 is 1.75. The lowest BCUT2D eigenvalue weighted by Crippen LogP contribution is -1.81. The first kappa shape index (κ1) is 15.7. The third kappa shape index (κ3) is 4.95. The molecule has 0 fully saturated rings. The van der Waals surface area contributed by atoms with Gasteiger partial charge in [0.05, 0.1) is 12.0 Å². The Morgan fingerprint density at radius 2 is 1.81 bits per heavy atom. The van der Waals surface area contributed by atoms with Gasteiger partial charge in [-0.2, -0.15) is 0 Å². The molecule has 1 aromatic carbocycles. The number of thiophene rings is 1. The number of ether oxygens (including phenoxy) is 1. The maximum Gasteiger partial charge on any atom is 0.118 e. The Balaban J connectivity index is 1.93. The Labute approximate surface area is 132 Å². The molecule has 1 aromatic heterocycles. The van der Waals surface area contributed by atoms with Gasteiger partial charge in [-0.05, 0) is 48.4 Å². The molecule has 0 unspecified atom stereocenters. The molecule has 0 bridgehead atoms. The first-order valence-electron chi connectivity index (χ1n) is 7.56. The Morgan fingerprint density at radius 3 is 2.52 bits per heavy atom. The lowest BCUT2D eigenvalue weighted by molar-refractivity contribution is 0.415. The average molecular weight is 298 g/mol. The highest BCUT2D eigenvalue weighted by Crippen LogP contribution is 2.29. The van der Waals surface area contributed by atoms with Gasteiger partial charge in [-0.1, -0.05) is 38.0 Å². The fraction of sp³-hybridized carbons (Fsp3) is 0.368. The second-order valence-electron chi connectivity index (χ2n) is 5.00. The lowest BCUT2D eigenvalue weighted by Gasteiger charge is -2.00. The minimum atomic E-state index is 0.891. The van der Waals surface area contributed by atoms with Crippen LogP contribution in [0.1, 0.15) is 43.9 Å². The Morgan fingerprint density at radius 1 is 1.00 bits per heavy atom. The Hall–Kier alpha value is -1.72. The van der Waals surface area contributed by atoms with Crippen LogP contribution in [0.5, 0.6) is 5.75 Å². The van der Waals surface area contributed by atoms with Gasteiger partial charge in [0.15, 0.2) is 0 Å². The van der Waals surface area contributed by atoms with Gasteiger partial charge in [-0.15, -0.1) is 11.3 Å². The van der Waals surface area contributed by atoms with Crippen LogP contribution >= 0.6 is 11.3 Å². The summed E-state index contributed by atoms with van der Waals surface area (Å²) in [7, 11) is 1.69. The molecule has 1 nitrogen and oxygen atoms in total. The predicted molar refractivity (Wildman–Crippen MR) is 91.9 cm³/mol. The predicted octanol–water partition coefficient (Wildman–Crippen LogP) is 5.75. The van der Waals surface area contributed by atoms with Gasteiger partial charge >= 0.3 is 0 Å². The van der Waals surface area contributed by atoms with E-state index in [-0.39, 0.29) is 0 Å². The van der Waals surface area contributed by atoms with Crippen molar-refractivity contribution in [3.05, 3.63) is 41.3 Å². The van der Waals surface area contributed by atoms with Crippen LogP contribution in [0.2, 0.25) is 0 Å². The molecule has 0 aliphatic rings. The molecule has 0 saturated carbocycles. The number of unbranched alkanes of at least 4 members (excludes halogenated alkanes) is 4. The monoisotopic (exact) mass is 298 g/mol. The quantitative estimate of drug-likeness (QED) is 0.487. The fourth-order valence-corrected chi connectivity index (χ4v) is 2.99. The van der Waals surface area contributed by atoms with Gasteiger partial charge in [0.1, 0.15) is 5.75 Å². The van der Waals surface area contributed by atoms with Crippen LogP contribution in [0.25, 0.3) is 10.4 Å². The first-order chi connectivity index (χ1) is 10.3. The number of hydrogen-bond acceptors (Lipinski definition) is 2. The maximum atomic E-state index is 5.18. The zero-order valence-corrected chi connectivity index (χ0v) is 13.6. The van der Waals surface area contributed by atoms with Crippen molar-refractivity contribution in [2.75, 3.05) is 7.11 Å². The van der Waals surface area contributed by atoms with Gasteiger partial charge in [-0.3, -0.25) is 0 Å². The minimum absolute atomic E-state index is 0.891. The largest absolute Gasteiger partial charge is 0.497 e. The molecule has 110 valence electrons. The van der Waals surface area contributed by atoms with Crippen LogP contribution in [0.3, 0.4) is 0 Å². The maximum absolute atomic E-state index is 5.18. The van der Waals surface area contributed by atoms with Crippen molar-refractivity contribution in [2.24, 2.45) is 0 Å². The van der Waals surface area contributed by atoms with E-state index in [1.807, 2.05) is 12.1 Å². The molecule has 0 saturated heterocycles. The van der Waals surface area contributed by atoms with Gasteiger partial charge in [0.2, 0.25) is 0 Å². The number of methoxy groups -OCH3 is 1. The molecule has 0 radical (unpaired) electrons. The van der Waals surface area contributed by atoms with Crippen LogP contribution < -0.4 is 4.74 Å². The summed E-state index contributed by atoms with van der Waals surface area (Å²) in [5.41, 5.74) is 1.22. The van der Waals surface area contributed by atoms with E-state index in [9.17, 15) is 0 Å². The van der Waals surface area contributed by atoms with Crippen LogP contribution in [0.15, 0.2) is 36.4 Å². The molecular formula is C19H22OS. The van der Waals surface area contributed by atoms with Crippen molar-refractivity contribution in [1.29, 1.82) is 0 Å². The van der Waals surface area contributed by atoms with Gasteiger partial charge in [-0.25, -0.2) is 0 Å². The van der Waals surface area contributed by atoms with E-state index < -0.39 is 0 Å². The molecule has 0 atom stereocenters. The summed E-state index contributed by atoms with van der Waals surface area (Å²) < 4.78 is 5.18. The van der Waals surface area contributed by atoms with E-state index in [1.165, 1.54) is 36.1 Å². The summed E-state index contributed by atoms with van der Waals surface area (Å²) in [6.07, 6.45) is 6.13. The molecule has 0 aliphatic heterocycles. The van der Waals surface area contributed by atoms with E-state index in [4.69, 9.17) is 4.74 Å². The highest BCUT2D eigenvalue weighted by atomic mass is 32.1. The van der Waals surface area contributed by atoms with E-state index in [0.717, 1.165) is 17.0 Å². The highest BCUT2D eigenvalue weighted by Gasteiger charge is 2.01. The molecule has 0 N–H and O–H groups in total. The average Bonchev–Trinajstić information content (AvgIpc) is 3.00. The summed E-state index contributed by atoms with van der Waals surface area (Å²) in [6, 6.07) is 12.4. The SMILES string of the molecule is CCCCCCC#Cc1ccc(-c2ccc(OC)cc2)s1. The van der Waals surface area contributed by atoms with Crippen molar-refractivity contribution in [3.8, 4) is 28.0 Å². The molecule has 0 spiro atoms. The van der Waals surface area contributed by atoms with Crippen molar-refractivity contribution in [1.82, 2.24) is 0 Å². The Kier molecular flexibility index (Phi) is 6.37. The van der Waals surface area contributed by atoms with Crippen LogP contribution in [-0.2, 0) is 0 Å². The van der Waals surface area contributed by atoms with Crippen molar-refractivity contribution >= 4 is 11.3 Å². The van der Waals surface area contributed by atoms with Crippen LogP contribution in [-0.4, -0.2) is 7.11 Å². The normalized spacial score (nSPS) is 10.0. The van der Waals surface area contributed by atoms with Gasteiger partial charge < -0.3 is 4.74 Å². The molecule has 2 aromatic rings. The molecular weight excluding hydrogens is 276 g/mol. The molecule has 1 heterocycles. The number of rotatable bonds is 6. The third-order valence-corrected chi connectivity index (χ3v) is 4.40. The van der Waals surface area contributed by atoms with Crippen molar-refractivity contribution < 1.29 is 4.74 Å². The molecule has 0 amide bonds. The standard InChI is InChI=1S/C19H22OS/c1-3-4-5-6-7-8-9-18-14-15-19(21-18)16-10-12-17(20-2)13-11-16/h10-15H,3-7H2,1-2H3. The second kappa shape index (κ2) is 8.54. The van der Waals surface area contributed by atoms with Gasteiger partial charge in [0, 0.05) is 11.3 Å². The minimum Gasteiger partial charge on any atom is -0.497 e. The van der Waals surface area contributed by atoms with Gasteiger partial charge in [0.25, 0.3) is 0 Å². The van der Waals surface area contributed by atoms with E-state index in [0.29, 0.717) is 0 Å². The fourth-order valence-electron chi connectivity index (χ4n) is 2.11. The van der Waals surface area contributed by atoms with E-state index in [2.05, 4.69) is 43.0 Å². The first-order valence-corrected chi connectivity index (χ1v) is 8.38. The molecule has 21 heavy (non-hydrogen) atoms. The second-order valence-corrected chi connectivity index (χ2v) is 6.09. The summed E-state index contributed by atoms with van der Waals surface area (Å²) in [5, 5.41) is 0. The van der Waals surface area contributed by atoms with Crippen LogP contribution in [0.4, 0.5) is 0 Å². The number of benzene rings is 1. The zero-order chi connectivity index (χ0) is 14.9.